The summed E-state index contributed by atoms with van der Waals surface area (Å²) >= 11 is 0. The van der Waals surface area contributed by atoms with Crippen LogP contribution < -0.4 is 11.1 Å². The van der Waals surface area contributed by atoms with Crippen molar-refractivity contribution in [2.45, 2.75) is 31.9 Å². The molecular weight excluding hydrogens is 296 g/mol. The zero-order chi connectivity index (χ0) is 16.6. The van der Waals surface area contributed by atoms with Crippen molar-refractivity contribution in [2.24, 2.45) is 13.0 Å². The summed E-state index contributed by atoms with van der Waals surface area (Å²) in [5, 5.41) is 16.7. The number of nitrogen functional groups attached to an aromatic ring is 1. The Kier molecular flexibility index (Phi) is 3.99. The second-order valence-electron chi connectivity index (χ2n) is 6.04. The molecule has 1 atom stereocenters. The molecule has 8 heteroatoms. The molecule has 1 aliphatic carbocycles. The van der Waals surface area contributed by atoms with E-state index in [0.717, 1.165) is 5.56 Å². The summed E-state index contributed by atoms with van der Waals surface area (Å²) in [6.45, 7) is 1.76. The Balaban J connectivity index is 1.81. The molecule has 1 aliphatic rings. The third kappa shape index (κ3) is 3.31. The lowest BCUT2D eigenvalue weighted by Crippen LogP contribution is -2.41. The van der Waals surface area contributed by atoms with Crippen LogP contribution in [0.3, 0.4) is 0 Å². The Hall–Kier alpha value is -2.48. The van der Waals surface area contributed by atoms with Crippen molar-refractivity contribution in [3.8, 4) is 0 Å². The van der Waals surface area contributed by atoms with Gasteiger partial charge in [0.25, 0.3) is 5.91 Å². The van der Waals surface area contributed by atoms with Crippen LogP contribution in [0.1, 0.15) is 40.6 Å². The fourth-order valence-electron chi connectivity index (χ4n) is 2.90. The molecule has 2 aromatic heterocycles. The highest BCUT2D eigenvalue weighted by Crippen LogP contribution is 2.38. The SMILES string of the molecule is Cc1cc(C(=O)N[C@@H](c2cnn(C)c2)C2CC(O)C2)nc(N)n1. The first kappa shape index (κ1) is 15.4. The number of aromatic nitrogens is 4. The van der Waals surface area contributed by atoms with Crippen molar-refractivity contribution in [1.82, 2.24) is 25.1 Å². The van der Waals surface area contributed by atoms with Crippen LogP contribution in [0.4, 0.5) is 5.95 Å². The van der Waals surface area contributed by atoms with Crippen LogP contribution >= 0.6 is 0 Å². The number of rotatable bonds is 4. The van der Waals surface area contributed by atoms with Crippen LogP contribution in [0.25, 0.3) is 0 Å². The molecule has 1 amide bonds. The number of amides is 1. The van der Waals surface area contributed by atoms with E-state index in [1.165, 1.54) is 0 Å². The minimum Gasteiger partial charge on any atom is -0.393 e. The molecule has 8 nitrogen and oxygen atoms in total. The van der Waals surface area contributed by atoms with Gasteiger partial charge in [-0.25, -0.2) is 9.97 Å². The van der Waals surface area contributed by atoms with Crippen LogP contribution in [-0.2, 0) is 7.05 Å². The molecule has 23 heavy (non-hydrogen) atoms. The number of nitrogens with two attached hydrogens (primary N) is 1. The highest BCUT2D eigenvalue weighted by atomic mass is 16.3. The zero-order valence-electron chi connectivity index (χ0n) is 13.1. The molecule has 0 spiro atoms. The van der Waals surface area contributed by atoms with Gasteiger partial charge in [0.1, 0.15) is 5.69 Å². The quantitative estimate of drug-likeness (QED) is 0.748. The highest BCUT2D eigenvalue weighted by Gasteiger charge is 2.36. The fraction of sp³-hybridized carbons (Fsp3) is 0.467. The van der Waals surface area contributed by atoms with E-state index in [9.17, 15) is 9.90 Å². The standard InChI is InChI=1S/C15H20N6O2/c1-8-3-12(19-15(16)18-8)14(23)20-13(9-4-11(22)5-9)10-6-17-21(2)7-10/h3,6-7,9,11,13,22H,4-5H2,1-2H3,(H,20,23)(H2,16,18,19)/t9?,11?,13-/m1/s1. The summed E-state index contributed by atoms with van der Waals surface area (Å²) in [5.74, 6) is -0.0528. The van der Waals surface area contributed by atoms with Gasteiger partial charge in [0, 0.05) is 24.5 Å². The molecule has 2 heterocycles. The Bertz CT molecular complexity index is 702. The molecule has 2 aromatic rings. The smallest absolute Gasteiger partial charge is 0.270 e. The van der Waals surface area contributed by atoms with Gasteiger partial charge in [-0.15, -0.1) is 0 Å². The number of aliphatic hydroxyl groups is 1. The number of anilines is 1. The van der Waals surface area contributed by atoms with Gasteiger partial charge in [-0.05, 0) is 31.7 Å². The lowest BCUT2D eigenvalue weighted by atomic mass is 9.75. The van der Waals surface area contributed by atoms with Crippen molar-refractivity contribution >= 4 is 11.9 Å². The molecule has 1 fully saturated rings. The molecule has 3 rings (SSSR count). The molecule has 4 N–H and O–H groups in total. The van der Waals surface area contributed by atoms with E-state index in [4.69, 9.17) is 5.73 Å². The second kappa shape index (κ2) is 5.96. The van der Waals surface area contributed by atoms with Crippen LogP contribution in [0.5, 0.6) is 0 Å². The fourth-order valence-corrected chi connectivity index (χ4v) is 2.90. The molecule has 122 valence electrons. The van der Waals surface area contributed by atoms with Crippen molar-refractivity contribution in [1.29, 1.82) is 0 Å². The maximum Gasteiger partial charge on any atom is 0.270 e. The zero-order valence-corrected chi connectivity index (χ0v) is 13.1. The average Bonchev–Trinajstić information content (AvgIpc) is 2.87. The highest BCUT2D eigenvalue weighted by molar-refractivity contribution is 5.92. The van der Waals surface area contributed by atoms with Crippen molar-refractivity contribution < 1.29 is 9.90 Å². The molecule has 0 radical (unpaired) electrons. The van der Waals surface area contributed by atoms with Gasteiger partial charge in [0.15, 0.2) is 0 Å². The number of aryl methyl sites for hydroxylation is 2. The third-order valence-electron chi connectivity index (χ3n) is 4.10. The first-order valence-electron chi connectivity index (χ1n) is 7.51. The molecule has 0 aromatic carbocycles. The number of aliphatic hydroxyl groups excluding tert-OH is 1. The summed E-state index contributed by atoms with van der Waals surface area (Å²) in [4.78, 5) is 20.5. The van der Waals surface area contributed by atoms with E-state index in [1.54, 1.807) is 23.9 Å². The Morgan fingerprint density at radius 1 is 1.48 bits per heavy atom. The summed E-state index contributed by atoms with van der Waals surface area (Å²) in [7, 11) is 1.83. The number of hydrogen-bond acceptors (Lipinski definition) is 6. The molecule has 0 aliphatic heterocycles. The van der Waals surface area contributed by atoms with Gasteiger partial charge in [-0.3, -0.25) is 9.48 Å². The average molecular weight is 316 g/mol. The number of nitrogens with zero attached hydrogens (tertiary/aromatic N) is 4. The van der Waals surface area contributed by atoms with Gasteiger partial charge in [-0.2, -0.15) is 5.10 Å². The van der Waals surface area contributed by atoms with Crippen LogP contribution in [0.2, 0.25) is 0 Å². The summed E-state index contributed by atoms with van der Waals surface area (Å²) in [6.07, 6.45) is 4.62. The molecule has 0 unspecified atom stereocenters. The topological polar surface area (TPSA) is 119 Å². The van der Waals surface area contributed by atoms with Crippen molar-refractivity contribution in [2.75, 3.05) is 5.73 Å². The largest absolute Gasteiger partial charge is 0.393 e. The maximum atomic E-state index is 12.5. The predicted octanol–water partition coefficient (Wildman–Crippen LogP) is 0.343. The number of hydrogen-bond donors (Lipinski definition) is 3. The Morgan fingerprint density at radius 3 is 2.78 bits per heavy atom. The van der Waals surface area contributed by atoms with Crippen LogP contribution in [0.15, 0.2) is 18.5 Å². The summed E-state index contributed by atoms with van der Waals surface area (Å²) in [6, 6.07) is 1.39. The minimum absolute atomic E-state index is 0.0761. The van der Waals surface area contributed by atoms with E-state index in [0.29, 0.717) is 18.5 Å². The monoisotopic (exact) mass is 316 g/mol. The van der Waals surface area contributed by atoms with E-state index in [1.807, 2.05) is 13.2 Å². The molecule has 0 bridgehead atoms. The van der Waals surface area contributed by atoms with Crippen molar-refractivity contribution in [3.05, 3.63) is 35.4 Å². The number of carbonyl (C=O) groups excluding carboxylic acids is 1. The van der Waals surface area contributed by atoms with Gasteiger partial charge in [-0.1, -0.05) is 0 Å². The normalized spacial score (nSPS) is 21.5. The Labute approximate surface area is 133 Å². The van der Waals surface area contributed by atoms with Gasteiger partial charge in [0.05, 0.1) is 18.3 Å². The van der Waals surface area contributed by atoms with E-state index in [-0.39, 0.29) is 35.6 Å². The predicted molar refractivity (Wildman–Crippen MR) is 83.3 cm³/mol. The minimum atomic E-state index is -0.308. The first-order chi connectivity index (χ1) is 10.9. The van der Waals surface area contributed by atoms with Gasteiger partial charge in [0.2, 0.25) is 5.95 Å². The summed E-state index contributed by atoms with van der Waals surface area (Å²) in [5.41, 5.74) is 7.40. The molecule has 1 saturated carbocycles. The van der Waals surface area contributed by atoms with E-state index in [2.05, 4.69) is 20.4 Å². The van der Waals surface area contributed by atoms with Crippen LogP contribution in [-0.4, -0.2) is 36.9 Å². The first-order valence-corrected chi connectivity index (χ1v) is 7.51. The van der Waals surface area contributed by atoms with E-state index >= 15 is 0 Å². The van der Waals surface area contributed by atoms with Crippen LogP contribution in [0, 0.1) is 12.8 Å². The molecular formula is C15H20N6O2. The third-order valence-corrected chi connectivity index (χ3v) is 4.10. The Morgan fingerprint density at radius 2 is 2.22 bits per heavy atom. The maximum absolute atomic E-state index is 12.5. The van der Waals surface area contributed by atoms with Gasteiger partial charge < -0.3 is 16.2 Å². The van der Waals surface area contributed by atoms with Crippen molar-refractivity contribution in [3.63, 3.8) is 0 Å². The second-order valence-corrected chi connectivity index (χ2v) is 6.04. The number of nitrogens with one attached hydrogen (secondary N) is 1. The lowest BCUT2D eigenvalue weighted by molar-refractivity contribution is 0.0234. The van der Waals surface area contributed by atoms with Gasteiger partial charge >= 0.3 is 0 Å². The summed E-state index contributed by atoms with van der Waals surface area (Å²) < 4.78 is 1.69. The molecule has 0 saturated heterocycles. The lowest BCUT2D eigenvalue weighted by Gasteiger charge is -2.37. The number of carbonyl (C=O) groups is 1. The van der Waals surface area contributed by atoms with E-state index < -0.39 is 0 Å².